The fourth-order valence-electron chi connectivity index (χ4n) is 3.71. The summed E-state index contributed by atoms with van der Waals surface area (Å²) in [5.74, 6) is -0.507. The van der Waals surface area contributed by atoms with Crippen LogP contribution in [-0.2, 0) is 22.7 Å². The molecule has 1 fully saturated rings. The van der Waals surface area contributed by atoms with Crippen LogP contribution in [0.1, 0.15) is 5.56 Å². The number of amides is 2. The van der Waals surface area contributed by atoms with Crippen LogP contribution in [-0.4, -0.2) is 63.9 Å². The van der Waals surface area contributed by atoms with E-state index in [1.807, 2.05) is 18.2 Å². The summed E-state index contributed by atoms with van der Waals surface area (Å²) in [6, 6.07) is 17.3. The number of piperazine rings is 1. The first-order valence-corrected chi connectivity index (χ1v) is 10.3. The second-order valence-corrected chi connectivity index (χ2v) is 7.61. The van der Waals surface area contributed by atoms with Crippen molar-refractivity contribution in [2.75, 3.05) is 32.7 Å². The summed E-state index contributed by atoms with van der Waals surface area (Å²) in [4.78, 5) is 45.5. The third-order valence-electron chi connectivity index (χ3n) is 5.46. The van der Waals surface area contributed by atoms with Crippen molar-refractivity contribution in [3.05, 3.63) is 76.8 Å². The van der Waals surface area contributed by atoms with Crippen molar-refractivity contribution >= 4 is 22.7 Å². The molecule has 0 unspecified atom stereocenters. The van der Waals surface area contributed by atoms with E-state index in [2.05, 4.69) is 27.3 Å². The van der Waals surface area contributed by atoms with Crippen molar-refractivity contribution in [3.8, 4) is 0 Å². The largest absolute Gasteiger partial charge is 0.345 e. The van der Waals surface area contributed by atoms with E-state index in [4.69, 9.17) is 0 Å². The molecule has 2 amide bonds. The van der Waals surface area contributed by atoms with E-state index < -0.39 is 5.91 Å². The Bertz CT molecular complexity index is 1120. The van der Waals surface area contributed by atoms with Gasteiger partial charge in [0, 0.05) is 32.7 Å². The number of fused-ring (bicyclic) bond motifs is 1. The average molecular weight is 419 g/mol. The topological polar surface area (TPSA) is 87.5 Å². The van der Waals surface area contributed by atoms with Crippen LogP contribution < -0.4 is 10.9 Å². The summed E-state index contributed by atoms with van der Waals surface area (Å²) >= 11 is 0. The summed E-state index contributed by atoms with van der Waals surface area (Å²) in [6.07, 6.45) is 1.36. The number of carbonyl (C=O) groups is 2. The van der Waals surface area contributed by atoms with Crippen molar-refractivity contribution in [2.45, 2.75) is 13.1 Å². The van der Waals surface area contributed by atoms with Crippen LogP contribution in [0.15, 0.2) is 65.7 Å². The lowest BCUT2D eigenvalue weighted by Gasteiger charge is -2.34. The molecular weight excluding hydrogens is 394 g/mol. The fourth-order valence-corrected chi connectivity index (χ4v) is 3.71. The van der Waals surface area contributed by atoms with Crippen LogP contribution in [0, 0.1) is 0 Å². The van der Waals surface area contributed by atoms with Crippen LogP contribution in [0.2, 0.25) is 0 Å². The summed E-state index contributed by atoms with van der Waals surface area (Å²) in [7, 11) is 0. The Kier molecular flexibility index (Phi) is 6.37. The molecule has 2 heterocycles. The highest BCUT2D eigenvalue weighted by Crippen LogP contribution is 2.08. The molecule has 1 aliphatic heterocycles. The Morgan fingerprint density at radius 3 is 2.42 bits per heavy atom. The molecule has 0 radical (unpaired) electrons. The zero-order valence-electron chi connectivity index (χ0n) is 17.2. The first kappa shape index (κ1) is 20.7. The number of rotatable bonds is 6. The third-order valence-corrected chi connectivity index (χ3v) is 5.46. The molecule has 0 spiro atoms. The minimum atomic E-state index is -0.393. The maximum Gasteiger partial charge on any atom is 0.261 e. The van der Waals surface area contributed by atoms with Gasteiger partial charge < -0.3 is 10.2 Å². The van der Waals surface area contributed by atoms with Gasteiger partial charge in [-0.25, -0.2) is 4.98 Å². The van der Waals surface area contributed by atoms with Crippen molar-refractivity contribution in [2.24, 2.45) is 0 Å². The summed E-state index contributed by atoms with van der Waals surface area (Å²) in [5, 5.41) is 3.08. The van der Waals surface area contributed by atoms with E-state index in [1.54, 1.807) is 29.2 Å². The van der Waals surface area contributed by atoms with Crippen molar-refractivity contribution < 1.29 is 9.59 Å². The highest BCUT2D eigenvalue weighted by atomic mass is 16.2. The maximum absolute atomic E-state index is 12.5. The Morgan fingerprint density at radius 1 is 0.935 bits per heavy atom. The Morgan fingerprint density at radius 2 is 1.65 bits per heavy atom. The summed E-state index contributed by atoms with van der Waals surface area (Å²) in [6.45, 7) is 3.49. The molecule has 0 saturated carbocycles. The van der Waals surface area contributed by atoms with Crippen molar-refractivity contribution in [1.82, 2.24) is 24.7 Å². The van der Waals surface area contributed by atoms with Crippen molar-refractivity contribution in [3.63, 3.8) is 0 Å². The van der Waals surface area contributed by atoms with Crippen LogP contribution in [0.3, 0.4) is 0 Å². The Labute approximate surface area is 180 Å². The van der Waals surface area contributed by atoms with E-state index in [-0.39, 0.29) is 24.6 Å². The molecule has 8 heteroatoms. The second kappa shape index (κ2) is 9.53. The number of carbonyl (C=O) groups excluding carboxylic acids is 2. The number of nitrogens with one attached hydrogen (secondary N) is 1. The normalized spacial score (nSPS) is 14.5. The lowest BCUT2D eigenvalue weighted by molar-refractivity contribution is -0.134. The van der Waals surface area contributed by atoms with Gasteiger partial charge in [0.05, 0.1) is 23.8 Å². The first-order chi connectivity index (χ1) is 15.1. The van der Waals surface area contributed by atoms with Gasteiger partial charge in [-0.15, -0.1) is 0 Å². The lowest BCUT2D eigenvalue weighted by atomic mass is 10.2. The molecule has 1 saturated heterocycles. The number of para-hydroxylation sites is 1. The minimum Gasteiger partial charge on any atom is -0.345 e. The monoisotopic (exact) mass is 419 g/mol. The quantitative estimate of drug-likeness (QED) is 0.640. The van der Waals surface area contributed by atoms with Gasteiger partial charge in [-0.2, -0.15) is 0 Å². The smallest absolute Gasteiger partial charge is 0.261 e. The van der Waals surface area contributed by atoms with Crippen LogP contribution in [0.5, 0.6) is 0 Å². The molecule has 0 aliphatic carbocycles. The van der Waals surface area contributed by atoms with Gasteiger partial charge in [-0.1, -0.05) is 42.5 Å². The molecule has 160 valence electrons. The predicted molar refractivity (Wildman–Crippen MR) is 117 cm³/mol. The standard InChI is InChI=1S/C23H25N5O3/c29-21(16-28-17-25-20-9-5-4-8-19(20)23(28)31)24-14-22(30)27-12-10-26(11-13-27)15-18-6-2-1-3-7-18/h1-9,17H,10-16H2,(H,24,29). The number of nitrogens with zero attached hydrogens (tertiary/aromatic N) is 4. The van der Waals surface area contributed by atoms with Crippen LogP contribution in [0.4, 0.5) is 0 Å². The van der Waals surface area contributed by atoms with Crippen molar-refractivity contribution in [1.29, 1.82) is 0 Å². The molecule has 0 atom stereocenters. The zero-order chi connectivity index (χ0) is 21.6. The van der Waals surface area contributed by atoms with E-state index in [9.17, 15) is 14.4 Å². The Balaban J connectivity index is 1.24. The van der Waals surface area contributed by atoms with Crippen LogP contribution >= 0.6 is 0 Å². The molecule has 1 aromatic heterocycles. The highest BCUT2D eigenvalue weighted by Gasteiger charge is 2.21. The fraction of sp³-hybridized carbons (Fsp3) is 0.304. The molecule has 1 aliphatic rings. The van der Waals surface area contributed by atoms with Gasteiger partial charge in [0.25, 0.3) is 5.56 Å². The summed E-state index contributed by atoms with van der Waals surface area (Å²) in [5.41, 5.74) is 1.57. The zero-order valence-corrected chi connectivity index (χ0v) is 17.2. The van der Waals surface area contributed by atoms with Gasteiger partial charge in [-0.05, 0) is 17.7 Å². The van der Waals surface area contributed by atoms with E-state index >= 15 is 0 Å². The molecular formula is C23H25N5O3. The summed E-state index contributed by atoms with van der Waals surface area (Å²) < 4.78 is 1.25. The number of hydrogen-bond donors (Lipinski definition) is 1. The van der Waals surface area contributed by atoms with E-state index in [0.717, 1.165) is 19.6 Å². The minimum absolute atomic E-state index is 0.0761. The molecule has 1 N–H and O–H groups in total. The second-order valence-electron chi connectivity index (χ2n) is 7.61. The number of aromatic nitrogens is 2. The SMILES string of the molecule is O=C(Cn1cnc2ccccc2c1=O)NCC(=O)N1CCN(Cc2ccccc2)CC1. The molecule has 31 heavy (non-hydrogen) atoms. The molecule has 0 bridgehead atoms. The molecule has 4 rings (SSSR count). The van der Waals surface area contributed by atoms with Gasteiger partial charge in [0.2, 0.25) is 11.8 Å². The lowest BCUT2D eigenvalue weighted by Crippen LogP contribution is -2.51. The molecule has 3 aromatic rings. The Hall–Kier alpha value is -3.52. The van der Waals surface area contributed by atoms with Gasteiger partial charge in [0.15, 0.2) is 0 Å². The number of hydrogen-bond acceptors (Lipinski definition) is 5. The first-order valence-electron chi connectivity index (χ1n) is 10.3. The van der Waals surface area contributed by atoms with Gasteiger partial charge in [-0.3, -0.25) is 23.9 Å². The highest BCUT2D eigenvalue weighted by molar-refractivity contribution is 5.85. The van der Waals surface area contributed by atoms with Gasteiger partial charge >= 0.3 is 0 Å². The predicted octanol–water partition coefficient (Wildman–Crippen LogP) is 0.857. The third kappa shape index (κ3) is 5.16. The van der Waals surface area contributed by atoms with Gasteiger partial charge in [0.1, 0.15) is 6.54 Å². The maximum atomic E-state index is 12.5. The number of benzene rings is 2. The average Bonchev–Trinajstić information content (AvgIpc) is 2.81. The van der Waals surface area contributed by atoms with Crippen LogP contribution in [0.25, 0.3) is 10.9 Å². The van der Waals surface area contributed by atoms with E-state index in [0.29, 0.717) is 24.0 Å². The van der Waals surface area contributed by atoms with E-state index in [1.165, 1.54) is 16.5 Å². The molecule has 8 nitrogen and oxygen atoms in total. The molecule has 2 aromatic carbocycles.